The van der Waals surface area contributed by atoms with E-state index < -0.39 is 18.0 Å². The molecular formula is C27H38Cl2N6O3. The van der Waals surface area contributed by atoms with Gasteiger partial charge in [-0.1, -0.05) is 36.4 Å². The first-order valence-electron chi connectivity index (χ1n) is 12.5. The van der Waals surface area contributed by atoms with Gasteiger partial charge in [-0.2, -0.15) is 0 Å². The first-order chi connectivity index (χ1) is 17.3. The molecule has 11 heteroatoms. The van der Waals surface area contributed by atoms with E-state index in [9.17, 15) is 9.59 Å². The fourth-order valence-electron chi connectivity index (χ4n) is 5.10. The van der Waals surface area contributed by atoms with Crippen LogP contribution >= 0.6 is 24.8 Å². The Labute approximate surface area is 236 Å². The number of benzene rings is 2. The zero-order valence-corrected chi connectivity index (χ0v) is 23.2. The lowest BCUT2D eigenvalue weighted by Gasteiger charge is -2.41. The zero-order valence-electron chi connectivity index (χ0n) is 21.6. The molecule has 2 aliphatic heterocycles. The van der Waals surface area contributed by atoms with Crippen molar-refractivity contribution in [1.82, 2.24) is 10.2 Å². The molecule has 0 bridgehead atoms. The molecule has 0 radical (unpaired) electrons. The summed E-state index contributed by atoms with van der Waals surface area (Å²) in [5.41, 5.74) is 15.2. The summed E-state index contributed by atoms with van der Waals surface area (Å²) in [7, 11) is 0. The van der Waals surface area contributed by atoms with E-state index in [1.807, 2.05) is 24.0 Å². The number of likely N-dealkylation sites (tertiary alicyclic amines) is 1. The maximum atomic E-state index is 12.9. The van der Waals surface area contributed by atoms with Crippen LogP contribution < -0.4 is 21.7 Å². The highest BCUT2D eigenvalue weighted by Crippen LogP contribution is 2.33. The van der Waals surface area contributed by atoms with Crippen molar-refractivity contribution in [3.63, 3.8) is 0 Å². The summed E-state index contributed by atoms with van der Waals surface area (Å²) >= 11 is 0. The summed E-state index contributed by atoms with van der Waals surface area (Å²) in [6, 6.07) is 14.8. The Morgan fingerprint density at radius 2 is 1.66 bits per heavy atom. The molecule has 38 heavy (non-hydrogen) atoms. The lowest BCUT2D eigenvalue weighted by atomic mass is 9.84. The fourth-order valence-corrected chi connectivity index (χ4v) is 5.10. The van der Waals surface area contributed by atoms with Crippen LogP contribution in [0.15, 0.2) is 48.5 Å². The van der Waals surface area contributed by atoms with Crippen molar-refractivity contribution in [2.24, 2.45) is 11.5 Å². The Kier molecular flexibility index (Phi) is 11.8. The van der Waals surface area contributed by atoms with Gasteiger partial charge in [-0.25, -0.2) is 0 Å². The van der Waals surface area contributed by atoms with Gasteiger partial charge in [0.25, 0.3) is 0 Å². The highest BCUT2D eigenvalue weighted by Gasteiger charge is 2.37. The second-order valence-electron chi connectivity index (χ2n) is 9.57. The number of nitrogens with one attached hydrogen (secondary N) is 2. The molecule has 2 amide bonds. The average molecular weight is 566 g/mol. The SMILES string of the molecule is C[C@@H](C(=O)NCc1ccc(C(=N)N)cc1)N1CCC(c2ccc(N3CCOCC3)cc2)CC1C(N)=O.Cl.Cl. The summed E-state index contributed by atoms with van der Waals surface area (Å²) in [5, 5.41) is 10.4. The van der Waals surface area contributed by atoms with E-state index in [1.165, 1.54) is 11.3 Å². The van der Waals surface area contributed by atoms with Crippen molar-refractivity contribution in [3.05, 3.63) is 65.2 Å². The first kappa shape index (κ1) is 31.4. The smallest absolute Gasteiger partial charge is 0.237 e. The number of anilines is 1. The number of ether oxygens (including phenoxy) is 1. The quantitative estimate of drug-likeness (QED) is 0.287. The maximum absolute atomic E-state index is 12.9. The van der Waals surface area contributed by atoms with Crippen LogP contribution in [0.1, 0.15) is 42.4 Å². The molecule has 2 aliphatic rings. The van der Waals surface area contributed by atoms with Gasteiger partial charge in [0.2, 0.25) is 11.8 Å². The Morgan fingerprint density at radius 1 is 1.03 bits per heavy atom. The number of carbonyl (C=O) groups excluding carboxylic acids is 2. The number of amidine groups is 1. The minimum atomic E-state index is -0.502. The van der Waals surface area contributed by atoms with E-state index in [1.54, 1.807) is 12.1 Å². The minimum absolute atomic E-state index is 0. The molecule has 208 valence electrons. The first-order valence-corrected chi connectivity index (χ1v) is 12.5. The number of nitrogen functional groups attached to an aromatic ring is 1. The number of carbonyl (C=O) groups is 2. The van der Waals surface area contributed by atoms with Gasteiger partial charge in [0.15, 0.2) is 0 Å². The maximum Gasteiger partial charge on any atom is 0.237 e. The molecule has 2 fully saturated rings. The molecule has 0 aliphatic carbocycles. The van der Waals surface area contributed by atoms with Gasteiger partial charge in [-0.05, 0) is 48.9 Å². The minimum Gasteiger partial charge on any atom is -0.384 e. The van der Waals surface area contributed by atoms with Gasteiger partial charge in [-0.15, -0.1) is 24.8 Å². The molecule has 2 aromatic rings. The average Bonchev–Trinajstić information content (AvgIpc) is 2.91. The van der Waals surface area contributed by atoms with Crippen LogP contribution in [-0.2, 0) is 20.9 Å². The van der Waals surface area contributed by atoms with Gasteiger partial charge in [0, 0.05) is 37.4 Å². The van der Waals surface area contributed by atoms with E-state index in [-0.39, 0.29) is 42.5 Å². The highest BCUT2D eigenvalue weighted by molar-refractivity contribution is 5.94. The highest BCUT2D eigenvalue weighted by atomic mass is 35.5. The molecule has 2 aromatic carbocycles. The van der Waals surface area contributed by atoms with Crippen molar-refractivity contribution in [2.75, 3.05) is 37.7 Å². The van der Waals surface area contributed by atoms with Crippen LogP contribution in [0.3, 0.4) is 0 Å². The number of primary amides is 1. The lowest BCUT2D eigenvalue weighted by molar-refractivity contribution is -0.132. The van der Waals surface area contributed by atoms with Crippen molar-refractivity contribution in [1.29, 1.82) is 5.41 Å². The third-order valence-electron chi connectivity index (χ3n) is 7.32. The van der Waals surface area contributed by atoms with E-state index in [0.717, 1.165) is 38.3 Å². The molecule has 3 atom stereocenters. The zero-order chi connectivity index (χ0) is 25.7. The third kappa shape index (κ3) is 7.60. The predicted octanol–water partition coefficient (Wildman–Crippen LogP) is 2.39. The lowest BCUT2D eigenvalue weighted by Crippen LogP contribution is -2.56. The standard InChI is InChI=1S/C27H36N6O3.2ClH/c1-18(27(35)31-17-19-2-4-21(5-3-19)25(28)29)33-11-10-22(16-24(33)26(30)34)20-6-8-23(9-7-20)32-12-14-36-15-13-32;;/h2-9,18,22,24H,10-17H2,1H3,(H3,28,29)(H2,30,34)(H,31,35);2*1H/t18-,22?,24?;;/m0../s1. The number of hydrogen-bond acceptors (Lipinski definition) is 6. The van der Waals surface area contributed by atoms with Gasteiger partial charge >= 0.3 is 0 Å². The molecule has 2 heterocycles. The number of nitrogens with zero attached hydrogens (tertiary/aromatic N) is 2. The fraction of sp³-hybridized carbons (Fsp3) is 0.444. The molecule has 4 rings (SSSR count). The number of nitrogens with two attached hydrogens (primary N) is 2. The van der Waals surface area contributed by atoms with Gasteiger partial charge in [0.1, 0.15) is 5.84 Å². The number of hydrogen-bond donors (Lipinski definition) is 4. The van der Waals surface area contributed by atoms with Crippen LogP contribution in [-0.4, -0.2) is 67.5 Å². The summed E-state index contributed by atoms with van der Waals surface area (Å²) in [4.78, 5) is 29.6. The molecule has 6 N–H and O–H groups in total. The largest absolute Gasteiger partial charge is 0.384 e. The number of morpholine rings is 1. The van der Waals surface area contributed by atoms with Crippen molar-refractivity contribution in [2.45, 2.75) is 44.3 Å². The predicted molar refractivity (Wildman–Crippen MR) is 154 cm³/mol. The summed E-state index contributed by atoms with van der Waals surface area (Å²) < 4.78 is 5.44. The molecule has 0 saturated carbocycles. The molecular weight excluding hydrogens is 527 g/mol. The Hall–Kier alpha value is -2.85. The molecule has 0 aromatic heterocycles. The number of rotatable bonds is 8. The summed E-state index contributed by atoms with van der Waals surface area (Å²) in [6.45, 7) is 6.08. The third-order valence-corrected chi connectivity index (χ3v) is 7.32. The Morgan fingerprint density at radius 3 is 2.24 bits per heavy atom. The normalized spacial score (nSPS) is 20.4. The van der Waals surface area contributed by atoms with Gasteiger partial charge in [-0.3, -0.25) is 19.9 Å². The second-order valence-corrected chi connectivity index (χ2v) is 9.57. The van der Waals surface area contributed by atoms with E-state index >= 15 is 0 Å². The topological polar surface area (TPSA) is 138 Å². The molecule has 9 nitrogen and oxygen atoms in total. The van der Waals surface area contributed by atoms with Crippen molar-refractivity contribution in [3.8, 4) is 0 Å². The van der Waals surface area contributed by atoms with Crippen LogP contribution in [0, 0.1) is 5.41 Å². The van der Waals surface area contributed by atoms with E-state index in [0.29, 0.717) is 25.1 Å². The van der Waals surface area contributed by atoms with E-state index in [4.69, 9.17) is 21.6 Å². The van der Waals surface area contributed by atoms with Crippen LogP contribution in [0.4, 0.5) is 5.69 Å². The Balaban J connectivity index is 0.00000253. The van der Waals surface area contributed by atoms with Gasteiger partial charge < -0.3 is 26.4 Å². The van der Waals surface area contributed by atoms with Crippen LogP contribution in [0.25, 0.3) is 0 Å². The monoisotopic (exact) mass is 564 g/mol. The molecule has 0 spiro atoms. The van der Waals surface area contributed by atoms with Crippen LogP contribution in [0.2, 0.25) is 0 Å². The summed E-state index contributed by atoms with van der Waals surface area (Å²) in [6.07, 6.45) is 1.45. The van der Waals surface area contributed by atoms with Crippen molar-refractivity contribution >= 4 is 48.2 Å². The second kappa shape index (κ2) is 14.3. The molecule has 2 saturated heterocycles. The van der Waals surface area contributed by atoms with Crippen LogP contribution in [0.5, 0.6) is 0 Å². The van der Waals surface area contributed by atoms with Gasteiger partial charge in [0.05, 0.1) is 25.3 Å². The van der Waals surface area contributed by atoms with E-state index in [2.05, 4.69) is 34.5 Å². The number of amides is 2. The van der Waals surface area contributed by atoms with Crippen molar-refractivity contribution < 1.29 is 14.3 Å². The summed E-state index contributed by atoms with van der Waals surface area (Å²) in [5.74, 6) is -0.324. The number of halogens is 2. The Bertz CT molecular complexity index is 1080. The molecule has 2 unspecified atom stereocenters. The number of piperidine rings is 1.